The largest absolute Gasteiger partial charge is 0.370 e. The average Bonchev–Trinajstić information content (AvgIpc) is 2.95. The highest BCUT2D eigenvalue weighted by molar-refractivity contribution is 6.30. The first kappa shape index (κ1) is 15.7. The van der Waals surface area contributed by atoms with Gasteiger partial charge in [-0.15, -0.1) is 0 Å². The average molecular weight is 327 g/mol. The molecule has 4 nitrogen and oxygen atoms in total. The van der Waals surface area contributed by atoms with Gasteiger partial charge in [0.1, 0.15) is 11.9 Å². The van der Waals surface area contributed by atoms with Gasteiger partial charge in [-0.2, -0.15) is 0 Å². The molecule has 1 saturated heterocycles. The Morgan fingerprint density at radius 1 is 1.41 bits per heavy atom. The summed E-state index contributed by atoms with van der Waals surface area (Å²) in [6.45, 7) is 1.50. The first-order chi connectivity index (χ1) is 10.6. The molecule has 1 amide bonds. The number of hydrogen-bond acceptors (Lipinski definition) is 3. The molecule has 2 fully saturated rings. The Labute approximate surface area is 134 Å². The van der Waals surface area contributed by atoms with Gasteiger partial charge in [-0.1, -0.05) is 24.1 Å². The number of nitrogens with zero attached hydrogens (tertiary/aromatic N) is 1. The van der Waals surface area contributed by atoms with E-state index in [1.807, 2.05) is 4.90 Å². The standard InChI is InChI=1S/C16H20ClFN2O2/c17-12-8-10(4-5-13(12)18)15-9-20(6-7-22-15)16(21)11-2-1-3-14(11)19/h4-5,8,11,14-15H,1-3,6-7,9,19H2/t11-,14+,15+/m0/s1. The zero-order valence-corrected chi connectivity index (χ0v) is 13.1. The lowest BCUT2D eigenvalue weighted by atomic mass is 10.0. The predicted octanol–water partition coefficient (Wildman–Crippen LogP) is 2.51. The number of amides is 1. The Balaban J connectivity index is 1.71. The van der Waals surface area contributed by atoms with Crippen LogP contribution in [0, 0.1) is 11.7 Å². The molecule has 120 valence electrons. The third kappa shape index (κ3) is 3.12. The summed E-state index contributed by atoms with van der Waals surface area (Å²) in [6.07, 6.45) is 2.52. The molecule has 22 heavy (non-hydrogen) atoms. The lowest BCUT2D eigenvalue weighted by Crippen LogP contribution is -2.47. The van der Waals surface area contributed by atoms with Crippen molar-refractivity contribution >= 4 is 17.5 Å². The van der Waals surface area contributed by atoms with Crippen molar-refractivity contribution in [3.8, 4) is 0 Å². The molecule has 3 rings (SSSR count). The topological polar surface area (TPSA) is 55.6 Å². The van der Waals surface area contributed by atoms with Crippen LogP contribution >= 0.6 is 11.6 Å². The Kier molecular flexibility index (Phi) is 4.66. The predicted molar refractivity (Wildman–Crippen MR) is 82.0 cm³/mol. The molecule has 0 bridgehead atoms. The zero-order chi connectivity index (χ0) is 15.7. The molecule has 2 aliphatic rings. The van der Waals surface area contributed by atoms with Gasteiger partial charge < -0.3 is 15.4 Å². The minimum absolute atomic E-state index is 0.0333. The van der Waals surface area contributed by atoms with Crippen molar-refractivity contribution in [2.24, 2.45) is 11.7 Å². The van der Waals surface area contributed by atoms with Crippen molar-refractivity contribution in [2.75, 3.05) is 19.7 Å². The van der Waals surface area contributed by atoms with Gasteiger partial charge in [0, 0.05) is 12.6 Å². The van der Waals surface area contributed by atoms with E-state index in [1.165, 1.54) is 6.07 Å². The Morgan fingerprint density at radius 3 is 2.91 bits per heavy atom. The smallest absolute Gasteiger partial charge is 0.227 e. The maximum Gasteiger partial charge on any atom is 0.227 e. The van der Waals surface area contributed by atoms with E-state index in [-0.39, 0.29) is 29.0 Å². The number of morpholine rings is 1. The van der Waals surface area contributed by atoms with Gasteiger partial charge in [-0.05, 0) is 30.5 Å². The van der Waals surface area contributed by atoms with Crippen LogP contribution in [0.1, 0.15) is 30.9 Å². The van der Waals surface area contributed by atoms with E-state index in [0.717, 1.165) is 24.8 Å². The van der Waals surface area contributed by atoms with Crippen LogP contribution in [-0.2, 0) is 9.53 Å². The van der Waals surface area contributed by atoms with E-state index >= 15 is 0 Å². The molecular weight excluding hydrogens is 307 g/mol. The minimum Gasteiger partial charge on any atom is -0.370 e. The number of hydrogen-bond donors (Lipinski definition) is 1. The van der Waals surface area contributed by atoms with Crippen LogP contribution < -0.4 is 5.73 Å². The summed E-state index contributed by atoms with van der Waals surface area (Å²) in [7, 11) is 0. The second-order valence-electron chi connectivity index (χ2n) is 6.02. The van der Waals surface area contributed by atoms with E-state index in [9.17, 15) is 9.18 Å². The molecule has 1 heterocycles. The molecule has 6 heteroatoms. The normalized spacial score (nSPS) is 28.9. The van der Waals surface area contributed by atoms with Gasteiger partial charge in [0.15, 0.2) is 0 Å². The quantitative estimate of drug-likeness (QED) is 0.908. The Bertz CT molecular complexity index is 569. The molecule has 0 spiro atoms. The lowest BCUT2D eigenvalue weighted by Gasteiger charge is -2.35. The number of nitrogens with two attached hydrogens (primary N) is 1. The molecule has 0 aromatic heterocycles. The van der Waals surface area contributed by atoms with Gasteiger partial charge in [0.25, 0.3) is 0 Å². The summed E-state index contributed by atoms with van der Waals surface area (Å²) in [5.74, 6) is -0.409. The fourth-order valence-electron chi connectivity index (χ4n) is 3.29. The summed E-state index contributed by atoms with van der Waals surface area (Å²) < 4.78 is 19.0. The van der Waals surface area contributed by atoms with Gasteiger partial charge in [-0.3, -0.25) is 4.79 Å². The van der Waals surface area contributed by atoms with Crippen molar-refractivity contribution in [2.45, 2.75) is 31.4 Å². The van der Waals surface area contributed by atoms with Crippen LogP contribution in [0.2, 0.25) is 5.02 Å². The SMILES string of the molecule is N[C@@H]1CCC[C@@H]1C(=O)N1CCO[C@@H](c2ccc(F)c(Cl)c2)C1. The minimum atomic E-state index is -0.453. The summed E-state index contributed by atoms with van der Waals surface area (Å²) in [4.78, 5) is 14.4. The third-order valence-corrected chi connectivity index (χ3v) is 4.87. The van der Waals surface area contributed by atoms with E-state index in [0.29, 0.717) is 19.7 Å². The maximum atomic E-state index is 13.3. The number of rotatable bonds is 2. The molecule has 0 unspecified atom stereocenters. The van der Waals surface area contributed by atoms with Crippen molar-refractivity contribution < 1.29 is 13.9 Å². The van der Waals surface area contributed by atoms with Crippen LogP contribution in [0.25, 0.3) is 0 Å². The van der Waals surface area contributed by atoms with Crippen molar-refractivity contribution in [1.29, 1.82) is 0 Å². The number of ether oxygens (including phenoxy) is 1. The van der Waals surface area contributed by atoms with Crippen LogP contribution in [0.15, 0.2) is 18.2 Å². The highest BCUT2D eigenvalue weighted by Crippen LogP contribution is 2.30. The monoisotopic (exact) mass is 326 g/mol. The lowest BCUT2D eigenvalue weighted by molar-refractivity contribution is -0.143. The van der Waals surface area contributed by atoms with Gasteiger partial charge in [0.2, 0.25) is 5.91 Å². The summed E-state index contributed by atoms with van der Waals surface area (Å²) in [5, 5.41) is 0.0716. The molecule has 1 aromatic rings. The first-order valence-electron chi connectivity index (χ1n) is 7.67. The van der Waals surface area contributed by atoms with Gasteiger partial charge >= 0.3 is 0 Å². The zero-order valence-electron chi connectivity index (χ0n) is 12.3. The fraction of sp³-hybridized carbons (Fsp3) is 0.562. The second-order valence-corrected chi connectivity index (χ2v) is 6.43. The van der Waals surface area contributed by atoms with Crippen LogP contribution in [0.3, 0.4) is 0 Å². The molecular formula is C16H20ClFN2O2. The van der Waals surface area contributed by atoms with E-state index in [4.69, 9.17) is 22.1 Å². The highest BCUT2D eigenvalue weighted by atomic mass is 35.5. The van der Waals surface area contributed by atoms with Crippen LogP contribution in [-0.4, -0.2) is 36.5 Å². The molecule has 0 radical (unpaired) electrons. The summed E-state index contributed by atoms with van der Waals surface area (Å²) in [5.41, 5.74) is 6.82. The van der Waals surface area contributed by atoms with Crippen LogP contribution in [0.4, 0.5) is 4.39 Å². The van der Waals surface area contributed by atoms with Crippen molar-refractivity contribution in [1.82, 2.24) is 4.90 Å². The third-order valence-electron chi connectivity index (χ3n) is 4.58. The summed E-state index contributed by atoms with van der Waals surface area (Å²) in [6, 6.07) is 4.52. The fourth-order valence-corrected chi connectivity index (χ4v) is 3.48. The first-order valence-corrected chi connectivity index (χ1v) is 8.05. The molecule has 1 saturated carbocycles. The Hall–Kier alpha value is -1.17. The molecule has 2 N–H and O–H groups in total. The van der Waals surface area contributed by atoms with Crippen molar-refractivity contribution in [3.63, 3.8) is 0 Å². The maximum absolute atomic E-state index is 13.3. The van der Waals surface area contributed by atoms with E-state index in [2.05, 4.69) is 0 Å². The second kappa shape index (κ2) is 6.52. The molecule has 1 aromatic carbocycles. The molecule has 3 atom stereocenters. The number of benzene rings is 1. The number of carbonyl (C=O) groups excluding carboxylic acids is 1. The molecule has 1 aliphatic heterocycles. The van der Waals surface area contributed by atoms with E-state index in [1.54, 1.807) is 12.1 Å². The van der Waals surface area contributed by atoms with Gasteiger partial charge in [0.05, 0.1) is 24.1 Å². The Morgan fingerprint density at radius 2 is 2.23 bits per heavy atom. The highest BCUT2D eigenvalue weighted by Gasteiger charge is 2.35. The number of carbonyl (C=O) groups is 1. The van der Waals surface area contributed by atoms with Gasteiger partial charge in [-0.25, -0.2) is 4.39 Å². The summed E-state index contributed by atoms with van der Waals surface area (Å²) >= 11 is 5.83. The van der Waals surface area contributed by atoms with E-state index < -0.39 is 5.82 Å². The van der Waals surface area contributed by atoms with Crippen LogP contribution in [0.5, 0.6) is 0 Å². The van der Waals surface area contributed by atoms with Crippen molar-refractivity contribution in [3.05, 3.63) is 34.6 Å². The number of halogens is 2. The molecule has 1 aliphatic carbocycles.